The number of rotatable bonds is 0. The molecule has 0 nitrogen and oxygen atoms in total. The Balaban J connectivity index is 0. The van der Waals surface area contributed by atoms with Crippen LogP contribution in [0.3, 0.4) is 0 Å². The summed E-state index contributed by atoms with van der Waals surface area (Å²) in [6.07, 6.45) is 0. The molecule has 0 saturated heterocycles. The Morgan fingerprint density at radius 3 is 1.00 bits per heavy atom. The molecule has 4 heteroatoms. The van der Waals surface area contributed by atoms with Crippen LogP contribution in [0, 0.1) is 0 Å². The van der Waals surface area contributed by atoms with E-state index in [1.54, 1.807) is 0 Å². The Morgan fingerprint density at radius 2 is 1.00 bits per heavy atom. The Hall–Kier alpha value is 2.34. The summed E-state index contributed by atoms with van der Waals surface area (Å²) in [4.78, 5) is 0. The van der Waals surface area contributed by atoms with Gasteiger partial charge in [0.25, 0.3) is 0 Å². The molecule has 0 aliphatic rings. The van der Waals surface area contributed by atoms with E-state index in [0.29, 0.717) is 0 Å². The molecule has 2 radical (unpaired) electrons. The van der Waals surface area contributed by atoms with Gasteiger partial charge in [-0.25, -0.2) is 0 Å². The minimum atomic E-state index is 0. The first-order chi connectivity index (χ1) is 0. The van der Waals surface area contributed by atoms with Gasteiger partial charge >= 0.3 is 74.5 Å². The predicted octanol–water partition coefficient (Wildman–Crippen LogP) is -3.00. The van der Waals surface area contributed by atoms with Crippen LogP contribution in [0.1, 0.15) is 0 Å². The average molecular weight is 217 g/mol. The van der Waals surface area contributed by atoms with E-state index in [-0.39, 0.29) is 74.5 Å². The Kier molecular flexibility index (Phi) is 152. The van der Waals surface area contributed by atoms with Gasteiger partial charge in [0, 0.05) is 0 Å². The Labute approximate surface area is 73.7 Å². The van der Waals surface area contributed by atoms with Gasteiger partial charge in [-0.2, -0.15) is 0 Å². The summed E-state index contributed by atoms with van der Waals surface area (Å²) in [5.41, 5.74) is 0. The molecule has 0 atom stereocenters. The smallest absolute Gasteiger partial charge is 1.00 e. The standard InChI is InChI=1S/Co.Li.Nb.Ni/q+2;+1;2*+2. The molecule has 0 aromatic rings. The van der Waals surface area contributed by atoms with Crippen LogP contribution in [0.5, 0.6) is 0 Å². The third kappa shape index (κ3) is 8.84. The van der Waals surface area contributed by atoms with Crippen molar-refractivity contribution in [2.24, 2.45) is 0 Å². The Bertz CT molecular complexity index is 8.00. The van der Waals surface area contributed by atoms with E-state index in [1.165, 1.54) is 0 Å². The van der Waals surface area contributed by atoms with Crippen molar-refractivity contribution in [1.29, 1.82) is 0 Å². The van der Waals surface area contributed by atoms with Gasteiger partial charge in [-0.1, -0.05) is 0 Å². The van der Waals surface area contributed by atoms with Crippen molar-refractivity contribution in [1.82, 2.24) is 0 Å². The third-order valence-corrected chi connectivity index (χ3v) is 0. The van der Waals surface area contributed by atoms with Crippen LogP contribution in [0.25, 0.3) is 0 Å². The molecule has 0 amide bonds. The van der Waals surface area contributed by atoms with Crippen LogP contribution in [0.15, 0.2) is 0 Å². The first-order valence-corrected chi connectivity index (χ1v) is 0. The third-order valence-electron chi connectivity index (χ3n) is 0. The van der Waals surface area contributed by atoms with Crippen molar-refractivity contribution in [2.75, 3.05) is 0 Å². The number of hydrogen-bond donors (Lipinski definition) is 0. The fourth-order valence-electron chi connectivity index (χ4n) is 0. The summed E-state index contributed by atoms with van der Waals surface area (Å²) in [5.74, 6) is 0. The van der Waals surface area contributed by atoms with Crippen molar-refractivity contribution >= 4 is 0 Å². The minimum Gasteiger partial charge on any atom is 1.00 e. The summed E-state index contributed by atoms with van der Waals surface area (Å²) in [7, 11) is 0. The summed E-state index contributed by atoms with van der Waals surface area (Å²) in [6.45, 7) is 0. The summed E-state index contributed by atoms with van der Waals surface area (Å²) in [6, 6.07) is 0. The topological polar surface area (TPSA) is 0 Å². The van der Waals surface area contributed by atoms with Gasteiger partial charge in [0.15, 0.2) is 0 Å². The van der Waals surface area contributed by atoms with Crippen LogP contribution in [-0.2, 0) is 55.7 Å². The molecule has 0 fully saturated rings. The van der Waals surface area contributed by atoms with Crippen LogP contribution >= 0.6 is 0 Å². The maximum absolute atomic E-state index is 0. The van der Waals surface area contributed by atoms with Crippen LogP contribution in [0.2, 0.25) is 0 Å². The SMILES string of the molecule is [Co+2].[Li+].[Nb+2].[Ni+2]. The van der Waals surface area contributed by atoms with Gasteiger partial charge in [0.05, 0.1) is 0 Å². The van der Waals surface area contributed by atoms with E-state index in [0.717, 1.165) is 0 Å². The zero-order valence-electron chi connectivity index (χ0n) is 2.10. The van der Waals surface area contributed by atoms with Gasteiger partial charge in [0.2, 0.25) is 0 Å². The van der Waals surface area contributed by atoms with E-state index in [1.807, 2.05) is 0 Å². The fraction of sp³-hybridized carbons (Fsp3) is 0. The molecule has 0 rings (SSSR count). The first-order valence-electron chi connectivity index (χ1n) is 0. The van der Waals surface area contributed by atoms with Crippen LogP contribution in [-0.4, -0.2) is 0 Å². The van der Waals surface area contributed by atoms with E-state index < -0.39 is 0 Å². The molecule has 0 bridgehead atoms. The maximum Gasteiger partial charge on any atom is 2.00 e. The van der Waals surface area contributed by atoms with E-state index in [4.69, 9.17) is 0 Å². The molecule has 0 aliphatic heterocycles. The molecule has 0 unspecified atom stereocenters. The molecular weight excluding hydrogens is 217 g/mol. The predicted molar refractivity (Wildman–Crippen MR) is 0 cm³/mol. The molecule has 0 spiro atoms. The molecule has 0 aliphatic carbocycles. The summed E-state index contributed by atoms with van der Waals surface area (Å²) < 4.78 is 0. The summed E-state index contributed by atoms with van der Waals surface area (Å²) >= 11 is 0. The molecular formula is CoLiNbNi+7. The summed E-state index contributed by atoms with van der Waals surface area (Å²) in [5, 5.41) is 0. The van der Waals surface area contributed by atoms with Gasteiger partial charge < -0.3 is 0 Å². The van der Waals surface area contributed by atoms with Crippen LogP contribution < -0.4 is 18.9 Å². The molecule has 0 saturated carbocycles. The minimum absolute atomic E-state index is 0. The van der Waals surface area contributed by atoms with Crippen molar-refractivity contribution in [2.45, 2.75) is 0 Å². The van der Waals surface area contributed by atoms with Gasteiger partial charge in [0.1, 0.15) is 0 Å². The molecule has 4 heavy (non-hydrogen) atoms. The second-order valence-corrected chi connectivity index (χ2v) is 0. The zero-order valence-corrected chi connectivity index (χ0v) is 6.32. The Morgan fingerprint density at radius 1 is 1.00 bits per heavy atom. The van der Waals surface area contributed by atoms with Gasteiger partial charge in [-0.15, -0.1) is 0 Å². The van der Waals surface area contributed by atoms with Crippen molar-refractivity contribution < 1.29 is 74.5 Å². The second kappa shape index (κ2) is 18.4. The quantitative estimate of drug-likeness (QED) is 0.380. The van der Waals surface area contributed by atoms with E-state index in [2.05, 4.69) is 0 Å². The van der Waals surface area contributed by atoms with Gasteiger partial charge in [-0.05, 0) is 0 Å². The maximum atomic E-state index is 0. The van der Waals surface area contributed by atoms with E-state index >= 15 is 0 Å². The van der Waals surface area contributed by atoms with Crippen molar-refractivity contribution in [3.8, 4) is 0 Å². The molecule has 18 valence electrons. The number of hydrogen-bond acceptors (Lipinski definition) is 0. The molecule has 0 N–H and O–H groups in total. The largest absolute Gasteiger partial charge is 2.00 e. The zero-order chi connectivity index (χ0) is 0. The van der Waals surface area contributed by atoms with Crippen molar-refractivity contribution in [3.63, 3.8) is 0 Å². The fourth-order valence-corrected chi connectivity index (χ4v) is 0. The van der Waals surface area contributed by atoms with Crippen LogP contribution in [0.4, 0.5) is 0 Å². The molecule has 0 aromatic heterocycles. The monoisotopic (exact) mass is 217 g/mol. The average Bonchev–Trinajstić information content (AvgIpc) is 0. The normalized spacial score (nSPS) is 0. The van der Waals surface area contributed by atoms with E-state index in [9.17, 15) is 0 Å². The molecule has 0 heterocycles. The van der Waals surface area contributed by atoms with Crippen molar-refractivity contribution in [3.05, 3.63) is 0 Å². The first kappa shape index (κ1) is 33.0. The van der Waals surface area contributed by atoms with Gasteiger partial charge in [-0.3, -0.25) is 0 Å². The second-order valence-electron chi connectivity index (χ2n) is 0. The molecule has 0 aromatic carbocycles.